The van der Waals surface area contributed by atoms with Crippen molar-refractivity contribution >= 4 is 12.0 Å². The van der Waals surface area contributed by atoms with Crippen LogP contribution >= 0.6 is 0 Å². The summed E-state index contributed by atoms with van der Waals surface area (Å²) in [6.07, 6.45) is 5.69. The molecule has 1 fully saturated rings. The number of anilines is 1. The summed E-state index contributed by atoms with van der Waals surface area (Å²) in [5.41, 5.74) is 5.33. The predicted molar refractivity (Wildman–Crippen MR) is 57.9 cm³/mol. The van der Waals surface area contributed by atoms with Crippen molar-refractivity contribution in [3.8, 4) is 5.75 Å². The molecule has 0 bridgehead atoms. The molecule has 2 N–H and O–H groups in total. The fourth-order valence-electron chi connectivity index (χ4n) is 1.62. The number of nitrogens with zero attached hydrogens (tertiary/aromatic N) is 3. The van der Waals surface area contributed by atoms with Gasteiger partial charge in [0.15, 0.2) is 5.75 Å². The van der Waals surface area contributed by atoms with Crippen molar-refractivity contribution in [3.63, 3.8) is 0 Å². The molecule has 2 rings (SSSR count). The molecule has 1 aliphatic rings. The van der Waals surface area contributed by atoms with Crippen molar-refractivity contribution in [2.24, 2.45) is 0 Å². The summed E-state index contributed by atoms with van der Waals surface area (Å²) < 4.78 is 5.12. The summed E-state index contributed by atoms with van der Waals surface area (Å²) >= 11 is 0. The number of ether oxygens (including phenoxy) is 1. The lowest BCUT2D eigenvalue weighted by Gasteiger charge is -2.25. The molecule has 1 aliphatic heterocycles. The summed E-state index contributed by atoms with van der Waals surface area (Å²) in [5.74, 6) is 0.488. The summed E-state index contributed by atoms with van der Waals surface area (Å²) in [6, 6.07) is 0. The second kappa shape index (κ2) is 4.78. The Kier molecular flexibility index (Phi) is 3.19. The van der Waals surface area contributed by atoms with Gasteiger partial charge in [-0.1, -0.05) is 0 Å². The fourth-order valence-corrected chi connectivity index (χ4v) is 1.62. The lowest BCUT2D eigenvalue weighted by molar-refractivity contribution is 0.142. The van der Waals surface area contributed by atoms with E-state index in [2.05, 4.69) is 9.97 Å². The van der Waals surface area contributed by atoms with Gasteiger partial charge in [-0.05, 0) is 19.3 Å². The summed E-state index contributed by atoms with van der Waals surface area (Å²) in [4.78, 5) is 20.9. The summed E-state index contributed by atoms with van der Waals surface area (Å²) in [6.45, 7) is 1.52. The first-order chi connectivity index (χ1) is 7.75. The van der Waals surface area contributed by atoms with E-state index in [1.165, 1.54) is 18.8 Å². The van der Waals surface area contributed by atoms with Gasteiger partial charge in [0.05, 0.1) is 12.4 Å². The zero-order valence-corrected chi connectivity index (χ0v) is 8.93. The quantitative estimate of drug-likeness (QED) is 0.767. The predicted octanol–water partition coefficient (Wildman–Crippen LogP) is 1.04. The zero-order chi connectivity index (χ0) is 11.4. The van der Waals surface area contributed by atoms with Crippen LogP contribution in [0, 0.1) is 0 Å². The molecular formula is C10H14N4O2. The van der Waals surface area contributed by atoms with Crippen LogP contribution in [0.3, 0.4) is 0 Å². The molecule has 1 amide bonds. The number of hydrogen-bond acceptors (Lipinski definition) is 5. The highest BCUT2D eigenvalue weighted by atomic mass is 16.6. The molecule has 1 aromatic heterocycles. The number of carbonyl (C=O) groups is 1. The first-order valence-electron chi connectivity index (χ1n) is 5.30. The molecule has 86 valence electrons. The molecule has 16 heavy (non-hydrogen) atoms. The molecule has 6 heteroatoms. The lowest BCUT2D eigenvalue weighted by atomic mass is 10.1. The van der Waals surface area contributed by atoms with Gasteiger partial charge in [-0.3, -0.25) is 0 Å². The average Bonchev–Trinajstić information content (AvgIpc) is 2.33. The Balaban J connectivity index is 1.93. The van der Waals surface area contributed by atoms with E-state index in [4.69, 9.17) is 10.5 Å². The Hall–Kier alpha value is -1.85. The Morgan fingerprint density at radius 1 is 1.25 bits per heavy atom. The minimum atomic E-state index is -0.340. The number of hydrogen-bond donors (Lipinski definition) is 1. The molecule has 0 aromatic carbocycles. The van der Waals surface area contributed by atoms with Gasteiger partial charge in [0.25, 0.3) is 0 Å². The van der Waals surface area contributed by atoms with E-state index in [1.54, 1.807) is 4.90 Å². The molecule has 1 saturated heterocycles. The van der Waals surface area contributed by atoms with Crippen LogP contribution < -0.4 is 10.5 Å². The lowest BCUT2D eigenvalue weighted by Crippen LogP contribution is -2.37. The second-order valence-electron chi connectivity index (χ2n) is 3.69. The van der Waals surface area contributed by atoms with Crippen LogP contribution in [0.5, 0.6) is 5.75 Å². The van der Waals surface area contributed by atoms with Gasteiger partial charge in [-0.15, -0.1) is 0 Å². The minimum absolute atomic E-state index is 0.165. The fraction of sp³-hybridized carbons (Fsp3) is 0.500. The molecule has 0 radical (unpaired) electrons. The number of piperidine rings is 1. The maximum absolute atomic E-state index is 11.7. The number of amides is 1. The number of rotatable bonds is 1. The van der Waals surface area contributed by atoms with E-state index in [9.17, 15) is 4.79 Å². The van der Waals surface area contributed by atoms with Gasteiger partial charge >= 0.3 is 6.09 Å². The van der Waals surface area contributed by atoms with Crippen LogP contribution in [0.25, 0.3) is 0 Å². The third kappa shape index (κ3) is 2.59. The Morgan fingerprint density at radius 2 is 1.88 bits per heavy atom. The van der Waals surface area contributed by atoms with E-state index >= 15 is 0 Å². The second-order valence-corrected chi connectivity index (χ2v) is 3.69. The maximum atomic E-state index is 11.7. The first kappa shape index (κ1) is 10.7. The molecule has 1 aromatic rings. The van der Waals surface area contributed by atoms with Gasteiger partial charge in [-0.25, -0.2) is 14.8 Å². The van der Waals surface area contributed by atoms with Crippen LogP contribution in [-0.2, 0) is 0 Å². The number of nitrogen functional groups attached to an aromatic ring is 1. The Morgan fingerprint density at radius 3 is 2.50 bits per heavy atom. The molecule has 0 spiro atoms. The van der Waals surface area contributed by atoms with Gasteiger partial charge in [0, 0.05) is 13.1 Å². The van der Waals surface area contributed by atoms with E-state index in [0.29, 0.717) is 5.75 Å². The summed E-state index contributed by atoms with van der Waals surface area (Å²) in [7, 11) is 0. The third-order valence-corrected chi connectivity index (χ3v) is 2.47. The van der Waals surface area contributed by atoms with E-state index in [-0.39, 0.29) is 12.0 Å². The van der Waals surface area contributed by atoms with Crippen LogP contribution in [0.15, 0.2) is 12.4 Å². The van der Waals surface area contributed by atoms with E-state index in [0.717, 1.165) is 25.9 Å². The molecule has 6 nitrogen and oxygen atoms in total. The van der Waals surface area contributed by atoms with Crippen LogP contribution in [0.2, 0.25) is 0 Å². The molecule has 0 unspecified atom stereocenters. The maximum Gasteiger partial charge on any atom is 0.415 e. The number of likely N-dealkylation sites (tertiary alicyclic amines) is 1. The molecule has 0 aliphatic carbocycles. The topological polar surface area (TPSA) is 81.3 Å². The van der Waals surface area contributed by atoms with Crippen molar-refractivity contribution in [2.45, 2.75) is 19.3 Å². The van der Waals surface area contributed by atoms with Crippen LogP contribution in [-0.4, -0.2) is 34.1 Å². The highest BCUT2D eigenvalue weighted by molar-refractivity contribution is 5.70. The highest BCUT2D eigenvalue weighted by Crippen LogP contribution is 2.13. The van der Waals surface area contributed by atoms with Crippen molar-refractivity contribution < 1.29 is 9.53 Å². The van der Waals surface area contributed by atoms with Crippen LogP contribution in [0.1, 0.15) is 19.3 Å². The average molecular weight is 222 g/mol. The Labute approximate surface area is 93.4 Å². The van der Waals surface area contributed by atoms with Crippen molar-refractivity contribution in [2.75, 3.05) is 18.8 Å². The SMILES string of the molecule is Nc1ncc(OC(=O)N2CCCCC2)cn1. The number of nitrogens with two attached hydrogens (primary N) is 1. The minimum Gasteiger partial charge on any atom is -0.407 e. The van der Waals surface area contributed by atoms with E-state index in [1.807, 2.05) is 0 Å². The first-order valence-corrected chi connectivity index (χ1v) is 5.30. The van der Waals surface area contributed by atoms with Gasteiger partial charge in [-0.2, -0.15) is 0 Å². The van der Waals surface area contributed by atoms with Gasteiger partial charge < -0.3 is 15.4 Å². The normalized spacial score (nSPS) is 15.9. The van der Waals surface area contributed by atoms with Gasteiger partial charge in [0.2, 0.25) is 5.95 Å². The van der Waals surface area contributed by atoms with Crippen molar-refractivity contribution in [1.29, 1.82) is 0 Å². The monoisotopic (exact) mass is 222 g/mol. The largest absolute Gasteiger partial charge is 0.415 e. The molecular weight excluding hydrogens is 208 g/mol. The number of aromatic nitrogens is 2. The zero-order valence-electron chi connectivity index (χ0n) is 8.93. The van der Waals surface area contributed by atoms with Gasteiger partial charge in [0.1, 0.15) is 0 Å². The van der Waals surface area contributed by atoms with Crippen LogP contribution in [0.4, 0.5) is 10.7 Å². The standard InChI is InChI=1S/C10H14N4O2/c11-9-12-6-8(7-13-9)16-10(15)14-4-2-1-3-5-14/h6-7H,1-5H2,(H2,11,12,13). The van der Waals surface area contributed by atoms with Crippen molar-refractivity contribution in [3.05, 3.63) is 12.4 Å². The van der Waals surface area contributed by atoms with E-state index < -0.39 is 0 Å². The molecule has 0 saturated carbocycles. The highest BCUT2D eigenvalue weighted by Gasteiger charge is 2.18. The molecule has 2 heterocycles. The molecule has 0 atom stereocenters. The number of carbonyl (C=O) groups excluding carboxylic acids is 1. The van der Waals surface area contributed by atoms with Crippen molar-refractivity contribution in [1.82, 2.24) is 14.9 Å². The summed E-state index contributed by atoms with van der Waals surface area (Å²) in [5, 5.41) is 0. The smallest absolute Gasteiger partial charge is 0.407 e. The third-order valence-electron chi connectivity index (χ3n) is 2.47. The Bertz CT molecular complexity index is 360.